The second kappa shape index (κ2) is 5.49. The maximum absolute atomic E-state index is 11.4. The highest BCUT2D eigenvalue weighted by atomic mass is 16.1. The molecule has 0 unspecified atom stereocenters. The first-order valence-electron chi connectivity index (χ1n) is 5.91. The predicted octanol–water partition coefficient (Wildman–Crippen LogP) is 1.41. The Morgan fingerprint density at radius 2 is 2.11 bits per heavy atom. The van der Waals surface area contributed by atoms with Crippen LogP contribution in [0.4, 0.5) is 11.5 Å². The van der Waals surface area contributed by atoms with E-state index >= 15 is 0 Å². The van der Waals surface area contributed by atoms with Crippen molar-refractivity contribution in [1.82, 2.24) is 4.98 Å². The largest absolute Gasteiger partial charge is 0.365 e. The molecular weight excluding hydrogens is 240 g/mol. The zero-order valence-electron chi connectivity index (χ0n) is 10.7. The van der Waals surface area contributed by atoms with Gasteiger partial charge in [0.15, 0.2) is 0 Å². The molecule has 5 nitrogen and oxygen atoms in total. The number of aromatic nitrogens is 1. The monoisotopic (exact) mass is 256 g/mol. The lowest BCUT2D eigenvalue weighted by Crippen LogP contribution is -2.19. The number of benzene rings is 1. The van der Waals surface area contributed by atoms with E-state index in [9.17, 15) is 4.79 Å². The summed E-state index contributed by atoms with van der Waals surface area (Å²) in [6, 6.07) is 11.1. The van der Waals surface area contributed by atoms with E-state index in [1.54, 1.807) is 18.3 Å². The summed E-state index contributed by atoms with van der Waals surface area (Å²) >= 11 is 0. The Hall–Kier alpha value is -2.40. The molecule has 0 aliphatic carbocycles. The molecule has 0 bridgehead atoms. The van der Waals surface area contributed by atoms with Crippen LogP contribution in [0.15, 0.2) is 42.6 Å². The number of hydrogen-bond donors (Lipinski definition) is 2. The molecular formula is C14H16N4O. The molecule has 1 aromatic heterocycles. The molecule has 2 aromatic rings. The maximum Gasteiger partial charge on any atom is 0.252 e. The first-order chi connectivity index (χ1) is 9.13. The van der Waals surface area contributed by atoms with Gasteiger partial charge in [-0.15, -0.1) is 0 Å². The van der Waals surface area contributed by atoms with Gasteiger partial charge in [0.2, 0.25) is 0 Å². The lowest BCUT2D eigenvalue weighted by molar-refractivity contribution is 0.100. The van der Waals surface area contributed by atoms with Crippen LogP contribution in [0.25, 0.3) is 0 Å². The molecule has 1 amide bonds. The average Bonchev–Trinajstić information content (AvgIpc) is 2.46. The number of carbonyl (C=O) groups is 1. The summed E-state index contributed by atoms with van der Waals surface area (Å²) in [6.45, 7) is 0.465. The number of anilines is 2. The summed E-state index contributed by atoms with van der Waals surface area (Å²) in [6.07, 6.45) is 1.63. The predicted molar refractivity (Wildman–Crippen MR) is 75.2 cm³/mol. The van der Waals surface area contributed by atoms with Crippen molar-refractivity contribution in [2.75, 3.05) is 11.9 Å². The molecule has 0 spiro atoms. The van der Waals surface area contributed by atoms with Crippen molar-refractivity contribution in [3.8, 4) is 0 Å². The quantitative estimate of drug-likeness (QED) is 0.866. The molecule has 0 atom stereocenters. The van der Waals surface area contributed by atoms with E-state index in [1.165, 1.54) is 0 Å². The second-order valence-electron chi connectivity index (χ2n) is 4.17. The van der Waals surface area contributed by atoms with Crippen molar-refractivity contribution in [2.24, 2.45) is 11.5 Å². The van der Waals surface area contributed by atoms with Crippen molar-refractivity contribution in [1.29, 1.82) is 0 Å². The van der Waals surface area contributed by atoms with E-state index in [0.717, 1.165) is 11.3 Å². The number of hydrogen-bond acceptors (Lipinski definition) is 4. The number of carbonyl (C=O) groups excluding carboxylic acids is 1. The molecule has 4 N–H and O–H groups in total. The van der Waals surface area contributed by atoms with Crippen LogP contribution >= 0.6 is 0 Å². The Kier molecular flexibility index (Phi) is 3.77. The van der Waals surface area contributed by atoms with Gasteiger partial charge in [0.1, 0.15) is 5.82 Å². The third kappa shape index (κ3) is 2.71. The minimum Gasteiger partial charge on any atom is -0.365 e. The van der Waals surface area contributed by atoms with Crippen molar-refractivity contribution in [3.05, 3.63) is 53.7 Å². The first-order valence-corrected chi connectivity index (χ1v) is 5.91. The Balaban J connectivity index is 2.43. The lowest BCUT2D eigenvalue weighted by atomic mass is 10.1. The highest BCUT2D eigenvalue weighted by Crippen LogP contribution is 2.25. The van der Waals surface area contributed by atoms with Crippen LogP contribution in [0.1, 0.15) is 15.9 Å². The fraction of sp³-hybridized carbons (Fsp3) is 0.143. The Labute approximate surface area is 111 Å². The van der Waals surface area contributed by atoms with E-state index in [0.29, 0.717) is 17.9 Å². The molecule has 0 radical (unpaired) electrons. The molecule has 1 heterocycles. The second-order valence-corrected chi connectivity index (χ2v) is 4.17. The zero-order valence-corrected chi connectivity index (χ0v) is 10.7. The smallest absolute Gasteiger partial charge is 0.252 e. The molecule has 19 heavy (non-hydrogen) atoms. The van der Waals surface area contributed by atoms with Crippen molar-refractivity contribution >= 4 is 17.4 Å². The third-order valence-electron chi connectivity index (χ3n) is 2.90. The average molecular weight is 256 g/mol. The number of pyridine rings is 1. The van der Waals surface area contributed by atoms with Crippen molar-refractivity contribution in [3.63, 3.8) is 0 Å². The molecule has 2 rings (SSSR count). The minimum atomic E-state index is -0.495. The first kappa shape index (κ1) is 13.0. The summed E-state index contributed by atoms with van der Waals surface area (Å²) < 4.78 is 0. The Morgan fingerprint density at radius 3 is 2.79 bits per heavy atom. The fourth-order valence-electron chi connectivity index (χ4n) is 1.87. The molecule has 0 aliphatic rings. The van der Waals surface area contributed by atoms with E-state index in [2.05, 4.69) is 4.98 Å². The SMILES string of the molecule is CN(c1cccc(CN)c1)c1ncccc1C(N)=O. The van der Waals surface area contributed by atoms with Crippen molar-refractivity contribution in [2.45, 2.75) is 6.54 Å². The van der Waals surface area contributed by atoms with Gasteiger partial charge in [0.05, 0.1) is 5.56 Å². The Morgan fingerprint density at radius 1 is 1.32 bits per heavy atom. The fourth-order valence-corrected chi connectivity index (χ4v) is 1.87. The number of rotatable bonds is 4. The van der Waals surface area contributed by atoms with Crippen LogP contribution in [0, 0.1) is 0 Å². The van der Waals surface area contributed by atoms with E-state index in [-0.39, 0.29) is 0 Å². The normalized spacial score (nSPS) is 10.2. The standard InChI is InChI=1S/C14H16N4O/c1-18(11-5-2-4-10(8-11)9-15)14-12(13(16)19)6-3-7-17-14/h2-8H,9,15H2,1H3,(H2,16,19). The summed E-state index contributed by atoms with van der Waals surface area (Å²) in [5.74, 6) is 0.0362. The van der Waals surface area contributed by atoms with Gasteiger partial charge in [-0.1, -0.05) is 12.1 Å². The zero-order chi connectivity index (χ0) is 13.8. The van der Waals surface area contributed by atoms with Gasteiger partial charge in [0.25, 0.3) is 5.91 Å². The van der Waals surface area contributed by atoms with Gasteiger partial charge in [-0.2, -0.15) is 0 Å². The summed E-state index contributed by atoms with van der Waals surface area (Å²) in [5.41, 5.74) is 13.3. The van der Waals surface area contributed by atoms with Crippen LogP contribution in [-0.4, -0.2) is 17.9 Å². The molecule has 98 valence electrons. The summed E-state index contributed by atoms with van der Waals surface area (Å²) in [7, 11) is 1.84. The van der Waals surface area contributed by atoms with Crippen LogP contribution in [0.3, 0.4) is 0 Å². The van der Waals surface area contributed by atoms with E-state index in [4.69, 9.17) is 11.5 Å². The van der Waals surface area contributed by atoms with Crippen LogP contribution in [0.2, 0.25) is 0 Å². The number of nitrogens with two attached hydrogens (primary N) is 2. The van der Waals surface area contributed by atoms with Gasteiger partial charge >= 0.3 is 0 Å². The van der Waals surface area contributed by atoms with Crippen LogP contribution in [0.5, 0.6) is 0 Å². The minimum absolute atomic E-state index is 0.392. The van der Waals surface area contributed by atoms with Gasteiger partial charge in [-0.05, 0) is 29.8 Å². The summed E-state index contributed by atoms with van der Waals surface area (Å²) in [4.78, 5) is 17.5. The molecule has 5 heteroatoms. The molecule has 0 saturated carbocycles. The number of amides is 1. The number of nitrogens with zero attached hydrogens (tertiary/aromatic N) is 2. The number of primary amides is 1. The van der Waals surface area contributed by atoms with Gasteiger partial charge in [-0.3, -0.25) is 4.79 Å². The third-order valence-corrected chi connectivity index (χ3v) is 2.90. The van der Waals surface area contributed by atoms with Gasteiger partial charge in [0, 0.05) is 25.5 Å². The van der Waals surface area contributed by atoms with E-state index < -0.39 is 5.91 Å². The molecule has 1 aromatic carbocycles. The van der Waals surface area contributed by atoms with Crippen LogP contribution < -0.4 is 16.4 Å². The van der Waals surface area contributed by atoms with Crippen LogP contribution in [-0.2, 0) is 6.54 Å². The van der Waals surface area contributed by atoms with Gasteiger partial charge in [-0.25, -0.2) is 4.98 Å². The maximum atomic E-state index is 11.4. The highest BCUT2D eigenvalue weighted by Gasteiger charge is 2.14. The molecule has 0 fully saturated rings. The highest BCUT2D eigenvalue weighted by molar-refractivity contribution is 5.98. The van der Waals surface area contributed by atoms with Crippen molar-refractivity contribution < 1.29 is 4.79 Å². The summed E-state index contributed by atoms with van der Waals surface area (Å²) in [5, 5.41) is 0. The Bertz CT molecular complexity index is 598. The van der Waals surface area contributed by atoms with E-state index in [1.807, 2.05) is 36.2 Å². The molecule has 0 saturated heterocycles. The topological polar surface area (TPSA) is 85.2 Å². The lowest BCUT2D eigenvalue weighted by Gasteiger charge is -2.20. The molecule has 0 aliphatic heterocycles. The van der Waals surface area contributed by atoms with Gasteiger partial charge < -0.3 is 16.4 Å².